The zero-order chi connectivity index (χ0) is 17.1. The smallest absolute Gasteiger partial charge is 0.272 e. The Morgan fingerprint density at radius 2 is 2.17 bits per heavy atom. The summed E-state index contributed by atoms with van der Waals surface area (Å²) in [6.07, 6.45) is 3.96. The van der Waals surface area contributed by atoms with E-state index in [-0.39, 0.29) is 5.91 Å². The second-order valence-corrected chi connectivity index (χ2v) is 6.95. The van der Waals surface area contributed by atoms with E-state index in [0.29, 0.717) is 16.6 Å². The van der Waals surface area contributed by atoms with Crippen LogP contribution < -0.4 is 5.32 Å². The van der Waals surface area contributed by atoms with Crippen molar-refractivity contribution >= 4 is 28.9 Å². The topological polar surface area (TPSA) is 45.2 Å². The van der Waals surface area contributed by atoms with Crippen LogP contribution in [0.3, 0.4) is 0 Å². The van der Waals surface area contributed by atoms with Crippen molar-refractivity contribution in [1.29, 1.82) is 0 Å². The Morgan fingerprint density at radius 1 is 1.33 bits per heavy atom. The maximum Gasteiger partial charge on any atom is 0.272 e. The third kappa shape index (κ3) is 3.88. The molecule has 126 valence electrons. The van der Waals surface area contributed by atoms with E-state index in [0.717, 1.165) is 36.4 Å². The van der Waals surface area contributed by atoms with Crippen molar-refractivity contribution in [3.05, 3.63) is 52.8 Å². The zero-order valence-electron chi connectivity index (χ0n) is 14.1. The molecule has 1 aromatic carbocycles. The van der Waals surface area contributed by atoms with Crippen LogP contribution in [0.25, 0.3) is 0 Å². The molecular formula is C19H22ClN3O. The first kappa shape index (κ1) is 16.8. The lowest BCUT2D eigenvalue weighted by Gasteiger charge is -2.30. The molecule has 1 atom stereocenters. The van der Waals surface area contributed by atoms with E-state index in [4.69, 9.17) is 11.6 Å². The molecule has 2 heterocycles. The van der Waals surface area contributed by atoms with Crippen LogP contribution in [-0.4, -0.2) is 28.9 Å². The molecule has 1 N–H and O–H groups in total. The van der Waals surface area contributed by atoms with Gasteiger partial charge in [0.25, 0.3) is 5.91 Å². The lowest BCUT2D eigenvalue weighted by atomic mass is 10.00. The third-order valence-electron chi connectivity index (χ3n) is 4.41. The number of nitrogens with one attached hydrogen (secondary N) is 1. The number of aryl methyl sites for hydroxylation is 1. The highest BCUT2D eigenvalue weighted by Crippen LogP contribution is 2.24. The Bertz CT molecular complexity index is 730. The second kappa shape index (κ2) is 7.22. The number of carbonyl (C=O) groups excluding carboxylic acids is 1. The number of pyridine rings is 1. The molecule has 0 spiro atoms. The van der Waals surface area contributed by atoms with Crippen molar-refractivity contribution in [2.75, 3.05) is 18.4 Å². The Kier molecular flexibility index (Phi) is 5.05. The fraction of sp³-hybridized carbons (Fsp3) is 0.368. The largest absolute Gasteiger partial charge is 0.354 e. The lowest BCUT2D eigenvalue weighted by Crippen LogP contribution is -2.39. The Balaban J connectivity index is 1.71. The van der Waals surface area contributed by atoms with Crippen LogP contribution in [-0.2, 0) is 0 Å². The molecule has 1 aromatic heterocycles. The van der Waals surface area contributed by atoms with Gasteiger partial charge in [0, 0.05) is 23.8 Å². The number of carbonyl (C=O) groups is 1. The Hall–Kier alpha value is -2.07. The number of piperidine rings is 1. The fourth-order valence-electron chi connectivity index (χ4n) is 3.01. The predicted octanol–water partition coefficient (Wildman–Crippen LogP) is 4.66. The average molecular weight is 344 g/mol. The first-order chi connectivity index (χ1) is 11.5. The second-order valence-electron chi connectivity index (χ2n) is 6.51. The van der Waals surface area contributed by atoms with Gasteiger partial charge < -0.3 is 10.2 Å². The summed E-state index contributed by atoms with van der Waals surface area (Å²) in [5.41, 5.74) is 3.37. The number of benzene rings is 1. The van der Waals surface area contributed by atoms with Crippen LogP contribution in [0.15, 0.2) is 36.5 Å². The van der Waals surface area contributed by atoms with Crippen molar-refractivity contribution in [2.45, 2.75) is 26.7 Å². The summed E-state index contributed by atoms with van der Waals surface area (Å²) in [7, 11) is 0. The normalized spacial score (nSPS) is 17.6. The first-order valence-electron chi connectivity index (χ1n) is 8.31. The Morgan fingerprint density at radius 3 is 2.88 bits per heavy atom. The number of nitrogens with zero attached hydrogens (tertiary/aromatic N) is 2. The highest BCUT2D eigenvalue weighted by Gasteiger charge is 2.22. The summed E-state index contributed by atoms with van der Waals surface area (Å²) >= 11 is 6.04. The molecule has 0 saturated carbocycles. The number of amides is 1. The molecule has 1 fully saturated rings. The minimum absolute atomic E-state index is 0.0204. The lowest BCUT2D eigenvalue weighted by molar-refractivity contribution is 0.0677. The highest BCUT2D eigenvalue weighted by atomic mass is 35.5. The van der Waals surface area contributed by atoms with Gasteiger partial charge in [-0.05, 0) is 55.5 Å². The van der Waals surface area contributed by atoms with Crippen LogP contribution >= 0.6 is 11.6 Å². The van der Waals surface area contributed by atoms with Crippen molar-refractivity contribution in [2.24, 2.45) is 5.92 Å². The summed E-state index contributed by atoms with van der Waals surface area (Å²) in [4.78, 5) is 18.8. The summed E-state index contributed by atoms with van der Waals surface area (Å²) in [5.74, 6) is 0.585. The number of halogens is 1. The average Bonchev–Trinajstić information content (AvgIpc) is 2.58. The maximum atomic E-state index is 12.5. The molecule has 1 aliphatic heterocycles. The molecule has 0 aliphatic carbocycles. The molecular weight excluding hydrogens is 322 g/mol. The van der Waals surface area contributed by atoms with E-state index in [1.807, 2.05) is 36.1 Å². The molecule has 1 amide bonds. The standard InChI is InChI=1S/C19H22ClN3O/c1-13-4-3-9-23(12-13)19(24)17-8-7-16(11-21-17)22-18-10-15(20)6-5-14(18)2/h5-8,10-11,13,22H,3-4,9,12H2,1-2H3. The first-order valence-corrected chi connectivity index (χ1v) is 8.69. The number of hydrogen-bond donors (Lipinski definition) is 1. The van der Waals surface area contributed by atoms with Gasteiger partial charge >= 0.3 is 0 Å². The molecule has 1 unspecified atom stereocenters. The monoisotopic (exact) mass is 343 g/mol. The summed E-state index contributed by atoms with van der Waals surface area (Å²) in [5, 5.41) is 3.98. The van der Waals surface area contributed by atoms with Gasteiger partial charge in [-0.1, -0.05) is 24.6 Å². The van der Waals surface area contributed by atoms with E-state index in [1.54, 1.807) is 12.3 Å². The summed E-state index contributed by atoms with van der Waals surface area (Å²) in [6.45, 7) is 5.85. The van der Waals surface area contributed by atoms with Crippen LogP contribution in [0, 0.1) is 12.8 Å². The SMILES string of the molecule is Cc1ccc(Cl)cc1Nc1ccc(C(=O)N2CCCC(C)C2)nc1. The van der Waals surface area contributed by atoms with Gasteiger partial charge in [-0.2, -0.15) is 0 Å². The molecule has 2 aromatic rings. The Labute approximate surface area is 147 Å². The van der Waals surface area contributed by atoms with E-state index in [1.165, 1.54) is 6.42 Å². The van der Waals surface area contributed by atoms with E-state index in [9.17, 15) is 4.79 Å². The van der Waals surface area contributed by atoms with Gasteiger partial charge in [-0.3, -0.25) is 4.79 Å². The predicted molar refractivity (Wildman–Crippen MR) is 98.0 cm³/mol. The van der Waals surface area contributed by atoms with Gasteiger partial charge in [-0.25, -0.2) is 4.98 Å². The van der Waals surface area contributed by atoms with Crippen molar-refractivity contribution in [3.8, 4) is 0 Å². The molecule has 5 heteroatoms. The minimum atomic E-state index is 0.0204. The van der Waals surface area contributed by atoms with Gasteiger partial charge in [0.2, 0.25) is 0 Å². The molecule has 1 saturated heterocycles. The fourth-order valence-corrected chi connectivity index (χ4v) is 3.19. The zero-order valence-corrected chi connectivity index (χ0v) is 14.8. The van der Waals surface area contributed by atoms with E-state index in [2.05, 4.69) is 17.2 Å². The molecule has 4 nitrogen and oxygen atoms in total. The number of anilines is 2. The quantitative estimate of drug-likeness (QED) is 0.881. The van der Waals surface area contributed by atoms with Crippen molar-refractivity contribution in [3.63, 3.8) is 0 Å². The number of rotatable bonds is 3. The number of likely N-dealkylation sites (tertiary alicyclic amines) is 1. The molecule has 0 radical (unpaired) electrons. The van der Waals surface area contributed by atoms with Crippen molar-refractivity contribution in [1.82, 2.24) is 9.88 Å². The molecule has 0 bridgehead atoms. The number of hydrogen-bond acceptors (Lipinski definition) is 3. The van der Waals surface area contributed by atoms with Gasteiger partial charge in [0.05, 0.1) is 11.9 Å². The van der Waals surface area contributed by atoms with E-state index >= 15 is 0 Å². The van der Waals surface area contributed by atoms with Crippen LogP contribution in [0.2, 0.25) is 5.02 Å². The molecule has 1 aliphatic rings. The highest BCUT2D eigenvalue weighted by molar-refractivity contribution is 6.30. The molecule has 24 heavy (non-hydrogen) atoms. The van der Waals surface area contributed by atoms with Crippen LogP contribution in [0.4, 0.5) is 11.4 Å². The minimum Gasteiger partial charge on any atom is -0.354 e. The van der Waals surface area contributed by atoms with Crippen LogP contribution in [0.5, 0.6) is 0 Å². The summed E-state index contributed by atoms with van der Waals surface area (Å²) in [6, 6.07) is 9.37. The van der Waals surface area contributed by atoms with E-state index < -0.39 is 0 Å². The van der Waals surface area contributed by atoms with Gasteiger partial charge in [0.15, 0.2) is 0 Å². The van der Waals surface area contributed by atoms with Gasteiger partial charge in [0.1, 0.15) is 5.69 Å². The maximum absolute atomic E-state index is 12.5. The molecule has 3 rings (SSSR count). The number of aromatic nitrogens is 1. The van der Waals surface area contributed by atoms with Crippen LogP contribution in [0.1, 0.15) is 35.8 Å². The third-order valence-corrected chi connectivity index (χ3v) is 4.64. The summed E-state index contributed by atoms with van der Waals surface area (Å²) < 4.78 is 0. The van der Waals surface area contributed by atoms with Gasteiger partial charge in [-0.15, -0.1) is 0 Å². The van der Waals surface area contributed by atoms with Crippen molar-refractivity contribution < 1.29 is 4.79 Å².